The molecule has 0 bridgehead atoms. The fraction of sp³-hybridized carbons (Fsp3) is 0.625. The SMILES string of the molecule is CCCc1cc(C2CCCCC2)c(O)c(C(C)c2cc(CCC)cc(C3CCCCC3)c2O)c1. The van der Waals surface area contributed by atoms with E-state index in [1.165, 1.54) is 75.3 Å². The first-order chi connectivity index (χ1) is 16.5. The highest BCUT2D eigenvalue weighted by molar-refractivity contribution is 5.55. The molecule has 0 atom stereocenters. The van der Waals surface area contributed by atoms with Gasteiger partial charge in [-0.15, -0.1) is 0 Å². The highest BCUT2D eigenvalue weighted by Gasteiger charge is 2.27. The Morgan fingerprint density at radius 3 is 1.38 bits per heavy atom. The molecule has 2 aliphatic rings. The van der Waals surface area contributed by atoms with Gasteiger partial charge in [0.2, 0.25) is 0 Å². The van der Waals surface area contributed by atoms with E-state index in [9.17, 15) is 10.2 Å². The summed E-state index contributed by atoms with van der Waals surface area (Å²) in [6.07, 6.45) is 16.7. The molecule has 2 fully saturated rings. The number of benzene rings is 2. The first-order valence-corrected chi connectivity index (χ1v) is 14.2. The quantitative estimate of drug-likeness (QED) is 0.410. The molecular weight excluding hydrogens is 416 g/mol. The van der Waals surface area contributed by atoms with Gasteiger partial charge in [-0.2, -0.15) is 0 Å². The van der Waals surface area contributed by atoms with E-state index in [0.29, 0.717) is 23.3 Å². The fourth-order valence-electron chi connectivity index (χ4n) is 6.63. The molecule has 34 heavy (non-hydrogen) atoms. The Hall–Kier alpha value is -1.96. The third-order valence-electron chi connectivity index (χ3n) is 8.56. The van der Waals surface area contributed by atoms with E-state index in [1.54, 1.807) is 0 Å². The van der Waals surface area contributed by atoms with Crippen LogP contribution in [0.1, 0.15) is 149 Å². The maximum absolute atomic E-state index is 11.6. The number of aryl methyl sites for hydroxylation is 2. The van der Waals surface area contributed by atoms with Crippen molar-refractivity contribution in [2.75, 3.05) is 0 Å². The zero-order valence-corrected chi connectivity index (χ0v) is 21.8. The van der Waals surface area contributed by atoms with Gasteiger partial charge >= 0.3 is 0 Å². The highest BCUT2D eigenvalue weighted by atomic mass is 16.3. The molecule has 0 radical (unpaired) electrons. The van der Waals surface area contributed by atoms with Crippen molar-refractivity contribution < 1.29 is 10.2 Å². The lowest BCUT2D eigenvalue weighted by molar-refractivity contribution is 0.405. The van der Waals surface area contributed by atoms with Crippen molar-refractivity contribution in [2.24, 2.45) is 0 Å². The first-order valence-electron chi connectivity index (χ1n) is 14.2. The van der Waals surface area contributed by atoms with Crippen LogP contribution in [0, 0.1) is 0 Å². The predicted molar refractivity (Wildman–Crippen MR) is 143 cm³/mol. The summed E-state index contributed by atoms with van der Waals surface area (Å²) in [4.78, 5) is 0. The van der Waals surface area contributed by atoms with Crippen molar-refractivity contribution in [1.82, 2.24) is 0 Å². The van der Waals surface area contributed by atoms with E-state index in [0.717, 1.165) is 47.9 Å². The lowest BCUT2D eigenvalue weighted by Gasteiger charge is -2.28. The van der Waals surface area contributed by atoms with Crippen LogP contribution in [0.25, 0.3) is 0 Å². The molecule has 0 aromatic heterocycles. The Balaban J connectivity index is 1.78. The number of aromatic hydroxyl groups is 2. The first kappa shape index (κ1) is 25.1. The molecule has 186 valence electrons. The van der Waals surface area contributed by atoms with Crippen LogP contribution in [0.5, 0.6) is 11.5 Å². The molecule has 0 heterocycles. The largest absolute Gasteiger partial charge is 0.507 e. The van der Waals surface area contributed by atoms with Gasteiger partial charge in [0.1, 0.15) is 11.5 Å². The minimum absolute atomic E-state index is 0.0294. The highest BCUT2D eigenvalue weighted by Crippen LogP contribution is 2.46. The number of hydrogen-bond donors (Lipinski definition) is 2. The van der Waals surface area contributed by atoms with Crippen LogP contribution in [-0.4, -0.2) is 10.2 Å². The standard InChI is InChI=1S/C32H46O2/c1-4-12-23-18-27(31(33)29(20-23)25-14-8-6-9-15-25)22(3)28-19-24(13-5-2)21-30(32(28)34)26-16-10-7-11-17-26/h18-22,25-26,33-34H,4-17H2,1-3H3. The fourth-order valence-corrected chi connectivity index (χ4v) is 6.63. The molecule has 0 spiro atoms. The maximum Gasteiger partial charge on any atom is 0.122 e. The van der Waals surface area contributed by atoms with Gasteiger partial charge in [-0.3, -0.25) is 0 Å². The smallest absolute Gasteiger partial charge is 0.122 e. The van der Waals surface area contributed by atoms with E-state index >= 15 is 0 Å². The van der Waals surface area contributed by atoms with Gasteiger partial charge in [0.15, 0.2) is 0 Å². The second-order valence-corrected chi connectivity index (χ2v) is 11.1. The van der Waals surface area contributed by atoms with E-state index in [1.807, 2.05) is 0 Å². The molecule has 2 aromatic rings. The van der Waals surface area contributed by atoms with Gasteiger partial charge in [-0.1, -0.05) is 96.4 Å². The minimum Gasteiger partial charge on any atom is -0.507 e. The monoisotopic (exact) mass is 462 g/mol. The summed E-state index contributed by atoms with van der Waals surface area (Å²) in [5.41, 5.74) is 6.99. The Morgan fingerprint density at radius 1 is 0.647 bits per heavy atom. The van der Waals surface area contributed by atoms with E-state index in [-0.39, 0.29) is 5.92 Å². The zero-order chi connectivity index (χ0) is 24.1. The minimum atomic E-state index is -0.0294. The van der Waals surface area contributed by atoms with Crippen molar-refractivity contribution >= 4 is 0 Å². The normalized spacial score (nSPS) is 18.0. The zero-order valence-electron chi connectivity index (χ0n) is 21.8. The third-order valence-corrected chi connectivity index (χ3v) is 8.56. The Labute approximate surface area is 207 Å². The Bertz CT molecular complexity index is 870. The van der Waals surface area contributed by atoms with Crippen LogP contribution >= 0.6 is 0 Å². The van der Waals surface area contributed by atoms with Crippen LogP contribution in [0.3, 0.4) is 0 Å². The maximum atomic E-state index is 11.6. The molecule has 2 N–H and O–H groups in total. The Kier molecular flexibility index (Phi) is 8.61. The molecule has 2 heteroatoms. The summed E-state index contributed by atoms with van der Waals surface area (Å²) in [5.74, 6) is 1.87. The van der Waals surface area contributed by atoms with Crippen molar-refractivity contribution in [3.63, 3.8) is 0 Å². The van der Waals surface area contributed by atoms with Crippen LogP contribution in [-0.2, 0) is 12.8 Å². The van der Waals surface area contributed by atoms with Crippen LogP contribution in [0.15, 0.2) is 24.3 Å². The van der Waals surface area contributed by atoms with Crippen molar-refractivity contribution in [1.29, 1.82) is 0 Å². The van der Waals surface area contributed by atoms with Gasteiger partial charge in [-0.05, 0) is 72.6 Å². The third kappa shape index (κ3) is 5.47. The van der Waals surface area contributed by atoms with Gasteiger partial charge in [-0.25, -0.2) is 0 Å². The molecule has 2 saturated carbocycles. The molecule has 2 aliphatic carbocycles. The molecule has 0 saturated heterocycles. The topological polar surface area (TPSA) is 40.5 Å². The summed E-state index contributed by atoms with van der Waals surface area (Å²) < 4.78 is 0. The molecular formula is C32H46O2. The Morgan fingerprint density at radius 2 is 1.03 bits per heavy atom. The molecule has 0 aliphatic heterocycles. The van der Waals surface area contributed by atoms with Crippen LogP contribution in [0.4, 0.5) is 0 Å². The number of phenols is 2. The van der Waals surface area contributed by atoms with E-state index in [4.69, 9.17) is 0 Å². The lowest BCUT2D eigenvalue weighted by atomic mass is 9.78. The second kappa shape index (κ2) is 11.6. The van der Waals surface area contributed by atoms with Crippen molar-refractivity contribution in [2.45, 2.75) is 128 Å². The summed E-state index contributed by atoms with van der Waals surface area (Å²) in [6, 6.07) is 9.02. The predicted octanol–water partition coefficient (Wildman–Crippen LogP) is 9.25. The average molecular weight is 463 g/mol. The van der Waals surface area contributed by atoms with E-state index < -0.39 is 0 Å². The van der Waals surface area contributed by atoms with Crippen LogP contribution < -0.4 is 0 Å². The van der Waals surface area contributed by atoms with Gasteiger partial charge in [0.05, 0.1) is 0 Å². The summed E-state index contributed by atoms with van der Waals surface area (Å²) in [6.45, 7) is 6.64. The van der Waals surface area contributed by atoms with Crippen LogP contribution in [0.2, 0.25) is 0 Å². The number of hydrogen-bond acceptors (Lipinski definition) is 2. The molecule has 0 amide bonds. The number of rotatable bonds is 8. The number of phenolic OH excluding ortho intramolecular Hbond substituents is 2. The molecule has 2 nitrogen and oxygen atoms in total. The average Bonchev–Trinajstić information content (AvgIpc) is 2.87. The van der Waals surface area contributed by atoms with Gasteiger partial charge in [0.25, 0.3) is 0 Å². The second-order valence-electron chi connectivity index (χ2n) is 11.1. The lowest BCUT2D eigenvalue weighted by Crippen LogP contribution is -2.10. The van der Waals surface area contributed by atoms with Gasteiger partial charge < -0.3 is 10.2 Å². The molecule has 0 unspecified atom stereocenters. The summed E-state index contributed by atoms with van der Waals surface area (Å²) in [7, 11) is 0. The summed E-state index contributed by atoms with van der Waals surface area (Å²) >= 11 is 0. The molecule has 4 rings (SSSR count). The van der Waals surface area contributed by atoms with Crippen molar-refractivity contribution in [3.8, 4) is 11.5 Å². The molecule has 2 aromatic carbocycles. The van der Waals surface area contributed by atoms with Crippen molar-refractivity contribution in [3.05, 3.63) is 57.6 Å². The van der Waals surface area contributed by atoms with E-state index in [2.05, 4.69) is 45.0 Å². The van der Waals surface area contributed by atoms with Gasteiger partial charge in [0, 0.05) is 17.0 Å². The summed E-state index contributed by atoms with van der Waals surface area (Å²) in [5, 5.41) is 23.1.